The molecule has 0 saturated heterocycles. The summed E-state index contributed by atoms with van der Waals surface area (Å²) >= 11 is 0. The van der Waals surface area contributed by atoms with Crippen molar-refractivity contribution in [3.63, 3.8) is 0 Å². The number of aryl methyl sites for hydroxylation is 2. The summed E-state index contributed by atoms with van der Waals surface area (Å²) < 4.78 is 0. The van der Waals surface area contributed by atoms with Gasteiger partial charge in [-0.2, -0.15) is 0 Å². The first-order valence-electron chi connectivity index (χ1n) is 5.77. The molecule has 1 atom stereocenters. The molecule has 0 amide bonds. The minimum absolute atomic E-state index is 0.00658. The van der Waals surface area contributed by atoms with Gasteiger partial charge < -0.3 is 5.11 Å². The maximum absolute atomic E-state index is 9.11. The van der Waals surface area contributed by atoms with Gasteiger partial charge in [-0.3, -0.25) is 0 Å². The molecule has 0 aliphatic heterocycles. The van der Waals surface area contributed by atoms with Crippen molar-refractivity contribution in [3.8, 4) is 0 Å². The summed E-state index contributed by atoms with van der Waals surface area (Å²) in [7, 11) is 0. The number of benzene rings is 1. The predicted molar refractivity (Wildman–Crippen MR) is 65.0 cm³/mol. The number of aliphatic hydroxyl groups is 1. The van der Waals surface area contributed by atoms with Crippen molar-refractivity contribution in [2.24, 2.45) is 0 Å². The van der Waals surface area contributed by atoms with Gasteiger partial charge in [-0.25, -0.2) is 0 Å². The number of aliphatic hydroxyl groups excluding tert-OH is 1. The van der Waals surface area contributed by atoms with Gasteiger partial charge in [0.05, 0.1) is 0 Å². The Kier molecular flexibility index (Phi) is 4.83. The molecule has 0 spiro atoms. The van der Waals surface area contributed by atoms with Crippen LogP contribution in [0.15, 0.2) is 18.2 Å². The SMILES string of the molecule is [CH2]C(CO)c1cc(CC)cc(CCC)c1. The van der Waals surface area contributed by atoms with Crippen molar-refractivity contribution in [2.45, 2.75) is 39.0 Å². The van der Waals surface area contributed by atoms with Crippen LogP contribution in [0.25, 0.3) is 0 Å². The maximum atomic E-state index is 9.11. The summed E-state index contributed by atoms with van der Waals surface area (Å²) in [5.41, 5.74) is 3.88. The summed E-state index contributed by atoms with van der Waals surface area (Å²) in [5, 5.41) is 9.11. The second-order valence-electron chi connectivity index (χ2n) is 4.07. The third kappa shape index (κ3) is 3.35. The van der Waals surface area contributed by atoms with E-state index in [4.69, 9.17) is 5.11 Å². The van der Waals surface area contributed by atoms with Crippen LogP contribution in [0, 0.1) is 6.92 Å². The lowest BCUT2D eigenvalue weighted by atomic mass is 9.94. The Labute approximate surface area is 93.1 Å². The Hall–Kier alpha value is -0.820. The highest BCUT2D eigenvalue weighted by atomic mass is 16.3. The highest BCUT2D eigenvalue weighted by Gasteiger charge is 2.06. The fourth-order valence-corrected chi connectivity index (χ4v) is 1.77. The lowest BCUT2D eigenvalue weighted by molar-refractivity contribution is 0.282. The molecule has 1 nitrogen and oxygen atoms in total. The van der Waals surface area contributed by atoms with Crippen molar-refractivity contribution in [1.29, 1.82) is 0 Å². The molecule has 0 fully saturated rings. The van der Waals surface area contributed by atoms with E-state index in [1.807, 2.05) is 0 Å². The topological polar surface area (TPSA) is 20.2 Å². The first kappa shape index (κ1) is 12.3. The van der Waals surface area contributed by atoms with Crippen LogP contribution in [0.3, 0.4) is 0 Å². The predicted octanol–water partition coefficient (Wildman–Crippen LogP) is 3.11. The summed E-state index contributed by atoms with van der Waals surface area (Å²) in [4.78, 5) is 0. The molecular weight excluding hydrogens is 184 g/mol. The summed E-state index contributed by atoms with van der Waals surface area (Å²) in [5.74, 6) is 0.00658. The molecule has 0 bridgehead atoms. The number of hydrogen-bond donors (Lipinski definition) is 1. The molecule has 0 heterocycles. The van der Waals surface area contributed by atoms with Crippen LogP contribution < -0.4 is 0 Å². The molecule has 1 rings (SSSR count). The van der Waals surface area contributed by atoms with Gasteiger partial charge in [-0.15, -0.1) is 0 Å². The van der Waals surface area contributed by atoms with Gasteiger partial charge in [0.25, 0.3) is 0 Å². The van der Waals surface area contributed by atoms with Gasteiger partial charge in [0.15, 0.2) is 0 Å². The van der Waals surface area contributed by atoms with Gasteiger partial charge in [0.1, 0.15) is 0 Å². The average molecular weight is 205 g/mol. The number of rotatable bonds is 5. The van der Waals surface area contributed by atoms with Gasteiger partial charge in [0.2, 0.25) is 0 Å². The smallest absolute Gasteiger partial charge is 0.0499 e. The fourth-order valence-electron chi connectivity index (χ4n) is 1.77. The van der Waals surface area contributed by atoms with Crippen LogP contribution in [-0.2, 0) is 12.8 Å². The van der Waals surface area contributed by atoms with E-state index >= 15 is 0 Å². The Morgan fingerprint density at radius 2 is 1.87 bits per heavy atom. The van der Waals surface area contributed by atoms with Crippen LogP contribution >= 0.6 is 0 Å². The van der Waals surface area contributed by atoms with Crippen LogP contribution in [0.2, 0.25) is 0 Å². The molecule has 1 unspecified atom stereocenters. The summed E-state index contributed by atoms with van der Waals surface area (Å²) in [6.45, 7) is 8.42. The van der Waals surface area contributed by atoms with E-state index in [1.54, 1.807) is 0 Å². The first-order chi connectivity index (χ1) is 7.21. The minimum atomic E-state index is 0.00658. The van der Waals surface area contributed by atoms with Crippen molar-refractivity contribution < 1.29 is 5.11 Å². The zero-order valence-electron chi connectivity index (χ0n) is 9.79. The van der Waals surface area contributed by atoms with Gasteiger partial charge in [0, 0.05) is 12.5 Å². The third-order valence-electron chi connectivity index (χ3n) is 2.71. The van der Waals surface area contributed by atoms with Crippen molar-refractivity contribution >= 4 is 0 Å². The Balaban J connectivity index is 2.99. The first-order valence-corrected chi connectivity index (χ1v) is 5.77. The van der Waals surface area contributed by atoms with Gasteiger partial charge in [-0.1, -0.05) is 38.5 Å². The van der Waals surface area contributed by atoms with Crippen LogP contribution in [-0.4, -0.2) is 11.7 Å². The lowest BCUT2D eigenvalue weighted by Crippen LogP contribution is -2.01. The highest BCUT2D eigenvalue weighted by molar-refractivity contribution is 5.33. The molecule has 1 N–H and O–H groups in total. The van der Waals surface area contributed by atoms with E-state index < -0.39 is 0 Å². The molecule has 1 aromatic carbocycles. The summed E-state index contributed by atoms with van der Waals surface area (Å²) in [6.07, 6.45) is 3.31. The Morgan fingerprint density at radius 3 is 2.40 bits per heavy atom. The van der Waals surface area contributed by atoms with E-state index in [1.165, 1.54) is 16.7 Å². The molecule has 0 aliphatic rings. The zero-order valence-corrected chi connectivity index (χ0v) is 9.79. The van der Waals surface area contributed by atoms with Crippen molar-refractivity contribution in [1.82, 2.24) is 0 Å². The lowest BCUT2D eigenvalue weighted by Gasteiger charge is -2.12. The van der Waals surface area contributed by atoms with E-state index in [9.17, 15) is 0 Å². The monoisotopic (exact) mass is 205 g/mol. The minimum Gasteiger partial charge on any atom is -0.396 e. The van der Waals surface area contributed by atoms with E-state index in [2.05, 4.69) is 39.0 Å². The van der Waals surface area contributed by atoms with Crippen molar-refractivity contribution in [3.05, 3.63) is 41.8 Å². The van der Waals surface area contributed by atoms with E-state index in [0.29, 0.717) is 0 Å². The van der Waals surface area contributed by atoms with Crippen molar-refractivity contribution in [2.75, 3.05) is 6.61 Å². The molecule has 15 heavy (non-hydrogen) atoms. The Bertz CT molecular complexity index is 304. The van der Waals surface area contributed by atoms with Crippen LogP contribution in [0.4, 0.5) is 0 Å². The molecule has 0 aliphatic carbocycles. The normalized spacial score (nSPS) is 12.8. The Morgan fingerprint density at radius 1 is 1.20 bits per heavy atom. The standard InChI is InChI=1S/C14H21O/c1-4-6-13-7-12(5-2)8-14(9-13)11(3)10-15/h7-9,11,15H,3-6,10H2,1-2H3. The average Bonchev–Trinajstić information content (AvgIpc) is 2.28. The highest BCUT2D eigenvalue weighted by Crippen LogP contribution is 2.19. The zero-order chi connectivity index (χ0) is 11.3. The molecule has 0 saturated carbocycles. The van der Waals surface area contributed by atoms with Crippen LogP contribution in [0.1, 0.15) is 42.9 Å². The molecule has 83 valence electrons. The van der Waals surface area contributed by atoms with Crippen LogP contribution in [0.5, 0.6) is 0 Å². The second kappa shape index (κ2) is 5.92. The molecular formula is C14H21O. The second-order valence-corrected chi connectivity index (χ2v) is 4.07. The van der Waals surface area contributed by atoms with E-state index in [-0.39, 0.29) is 12.5 Å². The fraction of sp³-hybridized carbons (Fsp3) is 0.500. The maximum Gasteiger partial charge on any atom is 0.0499 e. The molecule has 1 heteroatoms. The molecule has 1 aromatic rings. The van der Waals surface area contributed by atoms with Gasteiger partial charge in [-0.05, 0) is 36.5 Å². The molecule has 1 radical (unpaired) electrons. The third-order valence-corrected chi connectivity index (χ3v) is 2.71. The van der Waals surface area contributed by atoms with Gasteiger partial charge >= 0.3 is 0 Å². The van der Waals surface area contributed by atoms with E-state index in [0.717, 1.165) is 19.3 Å². The number of hydrogen-bond acceptors (Lipinski definition) is 1. The summed E-state index contributed by atoms with van der Waals surface area (Å²) in [6, 6.07) is 6.60. The molecule has 0 aromatic heterocycles. The largest absolute Gasteiger partial charge is 0.396 e. The quantitative estimate of drug-likeness (QED) is 0.783.